The molecule has 0 radical (unpaired) electrons. The van der Waals surface area contributed by atoms with Crippen LogP contribution in [0, 0.1) is 5.92 Å². The second-order valence-electron chi connectivity index (χ2n) is 4.32. The van der Waals surface area contributed by atoms with Crippen LogP contribution in [0.2, 0.25) is 10.0 Å². The van der Waals surface area contributed by atoms with Gasteiger partial charge in [0, 0.05) is 19.0 Å². The first-order chi connectivity index (χ1) is 8.49. The van der Waals surface area contributed by atoms with Crippen molar-refractivity contribution in [2.24, 2.45) is 11.7 Å². The van der Waals surface area contributed by atoms with E-state index in [2.05, 4.69) is 4.98 Å². The molecule has 0 bridgehead atoms. The molecule has 18 heavy (non-hydrogen) atoms. The second-order valence-corrected chi connectivity index (χ2v) is 5.14. The summed E-state index contributed by atoms with van der Waals surface area (Å²) in [4.78, 5) is 17.3. The summed E-state index contributed by atoms with van der Waals surface area (Å²) >= 11 is 11.9. The molecule has 2 heterocycles. The van der Waals surface area contributed by atoms with Crippen LogP contribution >= 0.6 is 23.2 Å². The molecule has 1 aromatic rings. The van der Waals surface area contributed by atoms with E-state index in [0.717, 1.165) is 0 Å². The summed E-state index contributed by atoms with van der Waals surface area (Å²) in [5.74, 6) is 0.559. The molecule has 1 saturated heterocycles. The summed E-state index contributed by atoms with van der Waals surface area (Å²) in [6.07, 6.45) is 1.41. The van der Waals surface area contributed by atoms with Crippen molar-refractivity contribution in [2.45, 2.75) is 12.8 Å². The minimum atomic E-state index is -0.246. The number of carbonyl (C=O) groups is 1. The minimum Gasteiger partial charge on any atom is -0.382 e. The Bertz CT molecular complexity index is 472. The number of amides is 1. The lowest BCUT2D eigenvalue weighted by Crippen LogP contribution is -2.39. The number of piperidine rings is 1. The first-order valence-electron chi connectivity index (χ1n) is 5.65. The van der Waals surface area contributed by atoms with E-state index in [-0.39, 0.29) is 17.6 Å². The molecule has 1 aliphatic heterocycles. The Morgan fingerprint density at radius 1 is 1.33 bits per heavy atom. The predicted octanol–water partition coefficient (Wildman–Crippen LogP) is 1.67. The minimum absolute atomic E-state index is 0.0651. The van der Waals surface area contributed by atoms with Crippen molar-refractivity contribution in [3.8, 4) is 0 Å². The number of anilines is 2. The van der Waals surface area contributed by atoms with Gasteiger partial charge in [0.1, 0.15) is 11.6 Å². The lowest BCUT2D eigenvalue weighted by molar-refractivity contribution is -0.122. The molecule has 0 spiro atoms. The van der Waals surface area contributed by atoms with Gasteiger partial charge < -0.3 is 16.4 Å². The maximum absolute atomic E-state index is 11.1. The van der Waals surface area contributed by atoms with Gasteiger partial charge in [-0.15, -0.1) is 0 Å². The number of carbonyl (C=O) groups excluding carboxylic acids is 1. The van der Waals surface area contributed by atoms with Gasteiger partial charge in [-0.25, -0.2) is 4.98 Å². The van der Waals surface area contributed by atoms with Crippen LogP contribution in [-0.2, 0) is 4.79 Å². The highest BCUT2D eigenvalue weighted by molar-refractivity contribution is 6.37. The van der Waals surface area contributed by atoms with Crippen LogP contribution in [0.3, 0.4) is 0 Å². The molecule has 1 aliphatic rings. The monoisotopic (exact) mass is 288 g/mol. The van der Waals surface area contributed by atoms with Crippen LogP contribution in [-0.4, -0.2) is 24.0 Å². The number of nitrogens with zero attached hydrogens (tertiary/aromatic N) is 2. The number of rotatable bonds is 2. The number of nitrogen functional groups attached to an aromatic ring is 1. The number of halogens is 2. The summed E-state index contributed by atoms with van der Waals surface area (Å²) in [7, 11) is 0. The smallest absolute Gasteiger partial charge is 0.220 e. The second kappa shape index (κ2) is 5.20. The van der Waals surface area contributed by atoms with Crippen molar-refractivity contribution in [3.05, 3.63) is 16.1 Å². The van der Waals surface area contributed by atoms with Gasteiger partial charge in [-0.05, 0) is 18.9 Å². The molecule has 0 atom stereocenters. The molecule has 1 amide bonds. The third-order valence-corrected chi connectivity index (χ3v) is 3.72. The summed E-state index contributed by atoms with van der Waals surface area (Å²) in [5.41, 5.74) is 11.0. The fourth-order valence-corrected chi connectivity index (χ4v) is 2.55. The molecule has 1 aromatic heterocycles. The van der Waals surface area contributed by atoms with Crippen LogP contribution < -0.4 is 16.4 Å². The molecule has 4 N–H and O–H groups in total. The van der Waals surface area contributed by atoms with Crippen molar-refractivity contribution in [1.29, 1.82) is 0 Å². The Hall–Kier alpha value is -1.20. The molecule has 1 fully saturated rings. The molecule has 0 unspecified atom stereocenters. The molecular weight excluding hydrogens is 275 g/mol. The van der Waals surface area contributed by atoms with Crippen LogP contribution in [0.5, 0.6) is 0 Å². The van der Waals surface area contributed by atoms with E-state index in [1.165, 1.54) is 0 Å². The third kappa shape index (κ3) is 2.62. The van der Waals surface area contributed by atoms with Crippen LogP contribution in [0.15, 0.2) is 6.07 Å². The van der Waals surface area contributed by atoms with Gasteiger partial charge in [0.25, 0.3) is 0 Å². The van der Waals surface area contributed by atoms with Crippen LogP contribution in [0.4, 0.5) is 11.6 Å². The molecule has 0 aliphatic carbocycles. The van der Waals surface area contributed by atoms with E-state index in [4.69, 9.17) is 34.7 Å². The van der Waals surface area contributed by atoms with Gasteiger partial charge in [0.2, 0.25) is 5.91 Å². The average molecular weight is 289 g/mol. The van der Waals surface area contributed by atoms with E-state index in [9.17, 15) is 4.79 Å². The summed E-state index contributed by atoms with van der Waals surface area (Å²) in [6, 6.07) is 1.58. The third-order valence-electron chi connectivity index (χ3n) is 3.13. The van der Waals surface area contributed by atoms with E-state index in [1.54, 1.807) is 6.07 Å². The molecule has 5 nitrogen and oxygen atoms in total. The summed E-state index contributed by atoms with van der Waals surface area (Å²) in [6.45, 7) is 1.36. The fourth-order valence-electron chi connectivity index (χ4n) is 2.07. The Morgan fingerprint density at radius 3 is 2.50 bits per heavy atom. The standard InChI is InChI=1S/C11H14Cl2N4O/c12-7-5-8(13)11(16-9(7)14)17-3-1-6(2-4-17)10(15)18/h5-6H,1-4H2,(H2,14,16)(H2,15,18). The molecule has 0 saturated carbocycles. The first-order valence-corrected chi connectivity index (χ1v) is 6.40. The van der Waals surface area contributed by atoms with Crippen molar-refractivity contribution in [1.82, 2.24) is 4.98 Å². The van der Waals surface area contributed by atoms with Crippen molar-refractivity contribution < 1.29 is 4.79 Å². The van der Waals surface area contributed by atoms with Gasteiger partial charge in [0.15, 0.2) is 0 Å². The predicted molar refractivity (Wildman–Crippen MR) is 72.8 cm³/mol. The number of primary amides is 1. The number of hydrogen-bond acceptors (Lipinski definition) is 4. The van der Waals surface area contributed by atoms with E-state index in [0.29, 0.717) is 41.8 Å². The SMILES string of the molecule is NC(=O)C1CCN(c2nc(N)c(Cl)cc2Cl)CC1. The van der Waals surface area contributed by atoms with Crippen LogP contribution in [0.1, 0.15) is 12.8 Å². The molecule has 0 aromatic carbocycles. The van der Waals surface area contributed by atoms with Gasteiger partial charge in [-0.3, -0.25) is 4.79 Å². The van der Waals surface area contributed by atoms with Crippen molar-refractivity contribution >= 4 is 40.7 Å². The zero-order chi connectivity index (χ0) is 13.3. The average Bonchev–Trinajstić information content (AvgIpc) is 2.34. The number of hydrogen-bond donors (Lipinski definition) is 2. The topological polar surface area (TPSA) is 85.2 Å². The number of pyridine rings is 1. The first kappa shape index (κ1) is 13.2. The Balaban J connectivity index is 2.15. The maximum atomic E-state index is 11.1. The maximum Gasteiger partial charge on any atom is 0.220 e. The number of nitrogens with two attached hydrogens (primary N) is 2. The number of aromatic nitrogens is 1. The fraction of sp³-hybridized carbons (Fsp3) is 0.455. The largest absolute Gasteiger partial charge is 0.382 e. The summed E-state index contributed by atoms with van der Waals surface area (Å²) < 4.78 is 0. The van der Waals surface area contributed by atoms with E-state index >= 15 is 0 Å². The van der Waals surface area contributed by atoms with E-state index in [1.807, 2.05) is 4.90 Å². The van der Waals surface area contributed by atoms with Gasteiger partial charge in [-0.1, -0.05) is 23.2 Å². The van der Waals surface area contributed by atoms with Crippen LogP contribution in [0.25, 0.3) is 0 Å². The van der Waals surface area contributed by atoms with Crippen molar-refractivity contribution in [2.75, 3.05) is 23.7 Å². The highest BCUT2D eigenvalue weighted by Gasteiger charge is 2.25. The van der Waals surface area contributed by atoms with Crippen molar-refractivity contribution in [3.63, 3.8) is 0 Å². The zero-order valence-corrected chi connectivity index (χ0v) is 11.2. The van der Waals surface area contributed by atoms with Gasteiger partial charge in [-0.2, -0.15) is 0 Å². The Morgan fingerprint density at radius 2 is 1.94 bits per heavy atom. The molecule has 7 heteroatoms. The lowest BCUT2D eigenvalue weighted by Gasteiger charge is -2.32. The summed E-state index contributed by atoms with van der Waals surface area (Å²) in [5, 5.41) is 0.808. The highest BCUT2D eigenvalue weighted by Crippen LogP contribution is 2.32. The van der Waals surface area contributed by atoms with Gasteiger partial charge in [0.05, 0.1) is 10.0 Å². The Labute approximate surface area is 115 Å². The Kier molecular flexibility index (Phi) is 3.82. The molecule has 98 valence electrons. The van der Waals surface area contributed by atoms with Gasteiger partial charge >= 0.3 is 0 Å². The zero-order valence-electron chi connectivity index (χ0n) is 9.70. The quantitative estimate of drug-likeness (QED) is 0.867. The molecular formula is C11H14Cl2N4O. The normalized spacial score (nSPS) is 16.9. The van der Waals surface area contributed by atoms with E-state index < -0.39 is 0 Å². The lowest BCUT2D eigenvalue weighted by atomic mass is 9.96. The highest BCUT2D eigenvalue weighted by atomic mass is 35.5. The molecule has 2 rings (SSSR count).